The molecular formula is C18H15N5. The minimum atomic E-state index is 0.627. The molecule has 3 aromatic heterocycles. The molecule has 0 aliphatic rings. The van der Waals surface area contributed by atoms with E-state index in [0.717, 1.165) is 29.9 Å². The fourth-order valence-electron chi connectivity index (χ4n) is 2.58. The summed E-state index contributed by atoms with van der Waals surface area (Å²) >= 11 is 0. The highest BCUT2D eigenvalue weighted by Crippen LogP contribution is 2.18. The molecule has 0 aliphatic carbocycles. The maximum atomic E-state index is 4.63. The molecule has 4 rings (SSSR count). The largest absolute Gasteiger partial charge is 0.265 e. The first kappa shape index (κ1) is 13.6. The number of hydrogen-bond donors (Lipinski definition) is 0. The summed E-state index contributed by atoms with van der Waals surface area (Å²) in [5.41, 5.74) is 3.30. The van der Waals surface area contributed by atoms with E-state index in [1.165, 1.54) is 5.56 Å². The Hall–Kier alpha value is -3.08. The zero-order valence-corrected chi connectivity index (χ0v) is 12.5. The molecule has 0 bridgehead atoms. The van der Waals surface area contributed by atoms with Gasteiger partial charge in [-0.05, 0) is 30.2 Å². The molecule has 0 fully saturated rings. The minimum absolute atomic E-state index is 0.627. The Morgan fingerprint density at radius 1 is 0.826 bits per heavy atom. The van der Waals surface area contributed by atoms with Gasteiger partial charge in [0.1, 0.15) is 0 Å². The lowest BCUT2D eigenvalue weighted by Crippen LogP contribution is -1.97. The Morgan fingerprint density at radius 2 is 1.65 bits per heavy atom. The van der Waals surface area contributed by atoms with Crippen LogP contribution < -0.4 is 0 Å². The highest BCUT2D eigenvalue weighted by Gasteiger charge is 2.09. The van der Waals surface area contributed by atoms with Crippen LogP contribution >= 0.6 is 0 Å². The van der Waals surface area contributed by atoms with Crippen molar-refractivity contribution in [3.63, 3.8) is 0 Å². The van der Waals surface area contributed by atoms with Crippen LogP contribution in [0.3, 0.4) is 0 Å². The molecule has 4 aromatic rings. The first-order valence-corrected chi connectivity index (χ1v) is 7.55. The number of aromatic nitrogens is 5. The predicted molar refractivity (Wildman–Crippen MR) is 87.9 cm³/mol. The number of rotatable bonds is 4. The molecule has 0 spiro atoms. The molecule has 0 saturated heterocycles. The van der Waals surface area contributed by atoms with Gasteiger partial charge in [0.2, 0.25) is 0 Å². The summed E-state index contributed by atoms with van der Waals surface area (Å²) in [6.07, 6.45) is 7.02. The van der Waals surface area contributed by atoms with Gasteiger partial charge in [-0.15, -0.1) is 5.10 Å². The van der Waals surface area contributed by atoms with Crippen LogP contribution in [-0.4, -0.2) is 24.6 Å². The third kappa shape index (κ3) is 2.81. The van der Waals surface area contributed by atoms with Crippen LogP contribution in [0.1, 0.15) is 11.4 Å². The van der Waals surface area contributed by atoms with Gasteiger partial charge in [-0.3, -0.25) is 4.98 Å². The van der Waals surface area contributed by atoms with Gasteiger partial charge in [0.25, 0.3) is 5.78 Å². The zero-order chi connectivity index (χ0) is 15.5. The summed E-state index contributed by atoms with van der Waals surface area (Å²) in [5, 5.41) is 4.63. The predicted octanol–water partition coefficient (Wildman–Crippen LogP) is 2.97. The second kappa shape index (κ2) is 5.96. The van der Waals surface area contributed by atoms with Crippen LogP contribution in [0.25, 0.3) is 17.0 Å². The van der Waals surface area contributed by atoms with E-state index in [9.17, 15) is 0 Å². The fourth-order valence-corrected chi connectivity index (χ4v) is 2.58. The molecule has 23 heavy (non-hydrogen) atoms. The second-order valence-electron chi connectivity index (χ2n) is 5.29. The summed E-state index contributed by atoms with van der Waals surface area (Å²) in [5.74, 6) is 1.44. The summed E-state index contributed by atoms with van der Waals surface area (Å²) < 4.78 is 1.80. The van der Waals surface area contributed by atoms with Crippen LogP contribution in [0.2, 0.25) is 0 Å². The first-order chi connectivity index (χ1) is 11.4. The van der Waals surface area contributed by atoms with E-state index in [1.807, 2.05) is 24.3 Å². The molecule has 1 aromatic carbocycles. The van der Waals surface area contributed by atoms with Crippen molar-refractivity contribution in [1.82, 2.24) is 24.6 Å². The Labute approximate surface area is 133 Å². The van der Waals surface area contributed by atoms with Gasteiger partial charge in [-0.1, -0.05) is 30.3 Å². The molecule has 5 nitrogen and oxygen atoms in total. The van der Waals surface area contributed by atoms with Crippen molar-refractivity contribution < 1.29 is 0 Å². The third-order valence-electron chi connectivity index (χ3n) is 3.74. The van der Waals surface area contributed by atoms with Crippen LogP contribution in [0.15, 0.2) is 67.1 Å². The van der Waals surface area contributed by atoms with Gasteiger partial charge in [0.15, 0.2) is 5.82 Å². The Bertz CT molecular complexity index is 916. The number of benzene rings is 1. The first-order valence-electron chi connectivity index (χ1n) is 7.55. The summed E-state index contributed by atoms with van der Waals surface area (Å²) in [6, 6.07) is 16.2. The number of aryl methyl sites for hydroxylation is 2. The van der Waals surface area contributed by atoms with E-state index in [2.05, 4.69) is 44.3 Å². The normalized spacial score (nSPS) is 11.0. The maximum Gasteiger partial charge on any atom is 0.252 e. The molecule has 0 unspecified atom stereocenters. The lowest BCUT2D eigenvalue weighted by Gasteiger charge is -2.02. The van der Waals surface area contributed by atoms with Gasteiger partial charge >= 0.3 is 0 Å². The lowest BCUT2D eigenvalue weighted by atomic mass is 10.1. The Balaban J connectivity index is 1.66. The molecule has 112 valence electrons. The highest BCUT2D eigenvalue weighted by molar-refractivity contribution is 5.60. The van der Waals surface area contributed by atoms with E-state index < -0.39 is 0 Å². The monoisotopic (exact) mass is 301 g/mol. The molecular weight excluding hydrogens is 286 g/mol. The average Bonchev–Trinajstić information content (AvgIpc) is 3.04. The zero-order valence-electron chi connectivity index (χ0n) is 12.5. The number of pyridine rings is 1. The van der Waals surface area contributed by atoms with Crippen molar-refractivity contribution in [2.24, 2.45) is 0 Å². The molecule has 0 amide bonds. The highest BCUT2D eigenvalue weighted by atomic mass is 15.3. The summed E-state index contributed by atoms with van der Waals surface area (Å²) in [7, 11) is 0. The maximum absolute atomic E-state index is 4.63. The van der Waals surface area contributed by atoms with E-state index in [1.54, 1.807) is 23.1 Å². The van der Waals surface area contributed by atoms with Crippen molar-refractivity contribution in [3.8, 4) is 11.3 Å². The standard InChI is InChI=1S/C18H15N5/c1-2-4-14(5-3-1)6-7-17-21-18-20-13-10-16(23(18)22-17)15-8-11-19-12-9-15/h1-5,8-13H,6-7H2. The third-order valence-corrected chi connectivity index (χ3v) is 3.74. The average molecular weight is 301 g/mol. The second-order valence-corrected chi connectivity index (χ2v) is 5.29. The topological polar surface area (TPSA) is 56.0 Å². The van der Waals surface area contributed by atoms with Gasteiger partial charge in [0.05, 0.1) is 5.69 Å². The van der Waals surface area contributed by atoms with Gasteiger partial charge in [-0.25, -0.2) is 4.98 Å². The number of hydrogen-bond acceptors (Lipinski definition) is 4. The minimum Gasteiger partial charge on any atom is -0.265 e. The molecule has 0 atom stereocenters. The van der Waals surface area contributed by atoms with E-state index in [0.29, 0.717) is 5.78 Å². The summed E-state index contributed by atoms with van der Waals surface area (Å²) in [4.78, 5) is 12.9. The quantitative estimate of drug-likeness (QED) is 0.581. The van der Waals surface area contributed by atoms with Crippen molar-refractivity contribution in [2.75, 3.05) is 0 Å². The molecule has 5 heteroatoms. The molecule has 0 aliphatic heterocycles. The fraction of sp³-hybridized carbons (Fsp3) is 0.111. The van der Waals surface area contributed by atoms with Crippen LogP contribution in [0.4, 0.5) is 0 Å². The molecule has 3 heterocycles. The molecule has 0 N–H and O–H groups in total. The molecule has 0 saturated carbocycles. The van der Waals surface area contributed by atoms with Crippen molar-refractivity contribution in [3.05, 3.63) is 78.5 Å². The van der Waals surface area contributed by atoms with Gasteiger partial charge in [0, 0.05) is 30.6 Å². The van der Waals surface area contributed by atoms with Crippen LogP contribution in [0.5, 0.6) is 0 Å². The Morgan fingerprint density at radius 3 is 2.48 bits per heavy atom. The van der Waals surface area contributed by atoms with E-state index >= 15 is 0 Å². The lowest BCUT2D eigenvalue weighted by molar-refractivity contribution is 0.838. The smallest absolute Gasteiger partial charge is 0.252 e. The van der Waals surface area contributed by atoms with E-state index in [4.69, 9.17) is 0 Å². The number of fused-ring (bicyclic) bond motifs is 1. The number of nitrogens with zero attached hydrogens (tertiary/aromatic N) is 5. The summed E-state index contributed by atoms with van der Waals surface area (Å²) in [6.45, 7) is 0. The van der Waals surface area contributed by atoms with Crippen molar-refractivity contribution >= 4 is 5.78 Å². The van der Waals surface area contributed by atoms with Crippen molar-refractivity contribution in [2.45, 2.75) is 12.8 Å². The van der Waals surface area contributed by atoms with Gasteiger partial charge < -0.3 is 0 Å². The Kier molecular flexibility index (Phi) is 3.52. The van der Waals surface area contributed by atoms with Gasteiger partial charge in [-0.2, -0.15) is 9.50 Å². The SMILES string of the molecule is c1ccc(CCc2nc3nccc(-c4ccncc4)n3n2)cc1. The molecule has 0 radical (unpaired) electrons. The van der Waals surface area contributed by atoms with Crippen molar-refractivity contribution in [1.29, 1.82) is 0 Å². The van der Waals surface area contributed by atoms with Crippen LogP contribution in [-0.2, 0) is 12.8 Å². The van der Waals surface area contributed by atoms with Crippen LogP contribution in [0, 0.1) is 0 Å². The van der Waals surface area contributed by atoms with E-state index in [-0.39, 0.29) is 0 Å².